The topological polar surface area (TPSA) is 36.8 Å². The number of nitrogens with one attached hydrogen (secondary N) is 1. The van der Waals surface area contributed by atoms with E-state index in [4.69, 9.17) is 0 Å². The summed E-state index contributed by atoms with van der Waals surface area (Å²) in [7, 11) is 0. The summed E-state index contributed by atoms with van der Waals surface area (Å²) < 4.78 is 0. The van der Waals surface area contributed by atoms with E-state index in [0.29, 0.717) is 6.04 Å². The summed E-state index contributed by atoms with van der Waals surface area (Å²) >= 11 is 0. The zero-order valence-electron chi connectivity index (χ0n) is 7.21. The second kappa shape index (κ2) is 5.10. The van der Waals surface area contributed by atoms with Crippen LogP contribution in [0.4, 0.5) is 0 Å². The molecule has 0 aliphatic carbocycles. The maximum Gasteiger partial charge on any atom is 0.0838 e. The first-order valence-corrected chi connectivity index (χ1v) is 4.55. The van der Waals surface area contributed by atoms with Crippen LogP contribution in [-0.2, 0) is 0 Å². The first kappa shape index (κ1) is 8.50. The van der Waals surface area contributed by atoms with Gasteiger partial charge < -0.3 is 0 Å². The summed E-state index contributed by atoms with van der Waals surface area (Å²) in [5.74, 6) is 0. The van der Waals surface area contributed by atoms with Crippen LogP contribution in [0.15, 0.2) is 10.3 Å². The summed E-state index contributed by atoms with van der Waals surface area (Å²) in [5.41, 5.74) is 2.99. The SMILES string of the molecule is CCCCCC[C@H]1CN=NN1. The Kier molecular flexibility index (Phi) is 3.94. The Morgan fingerprint density at radius 2 is 2.27 bits per heavy atom. The average molecular weight is 155 g/mol. The maximum absolute atomic E-state index is 3.88. The molecule has 0 aromatic heterocycles. The number of hydrogen-bond donors (Lipinski definition) is 1. The summed E-state index contributed by atoms with van der Waals surface area (Å²) in [4.78, 5) is 0. The number of unbranched alkanes of at least 4 members (excludes halogenated alkanes) is 3. The van der Waals surface area contributed by atoms with Gasteiger partial charge in [0.05, 0.1) is 12.6 Å². The van der Waals surface area contributed by atoms with E-state index in [1.807, 2.05) is 0 Å². The first-order chi connectivity index (χ1) is 5.43. The van der Waals surface area contributed by atoms with Crippen molar-refractivity contribution in [3.05, 3.63) is 0 Å². The molecule has 3 heteroatoms. The second-order valence-corrected chi connectivity index (χ2v) is 3.10. The molecule has 0 saturated heterocycles. The van der Waals surface area contributed by atoms with Crippen LogP contribution < -0.4 is 5.43 Å². The maximum atomic E-state index is 3.88. The summed E-state index contributed by atoms with van der Waals surface area (Å²) in [6, 6.07) is 0.534. The van der Waals surface area contributed by atoms with Gasteiger partial charge in [0, 0.05) is 0 Å². The molecule has 0 bridgehead atoms. The lowest BCUT2D eigenvalue weighted by Gasteiger charge is -2.06. The molecule has 3 nitrogen and oxygen atoms in total. The highest BCUT2D eigenvalue weighted by Gasteiger charge is 2.09. The minimum atomic E-state index is 0.534. The highest BCUT2D eigenvalue weighted by atomic mass is 15.5. The van der Waals surface area contributed by atoms with E-state index in [1.165, 1.54) is 32.1 Å². The van der Waals surface area contributed by atoms with Crippen LogP contribution in [0.1, 0.15) is 39.0 Å². The largest absolute Gasteiger partial charge is 0.287 e. The third-order valence-electron chi connectivity index (χ3n) is 2.02. The molecule has 1 atom stereocenters. The average Bonchev–Trinajstić information content (AvgIpc) is 2.50. The second-order valence-electron chi connectivity index (χ2n) is 3.10. The Bertz CT molecular complexity index is 115. The Morgan fingerprint density at radius 1 is 1.36 bits per heavy atom. The highest BCUT2D eigenvalue weighted by molar-refractivity contribution is 4.69. The van der Waals surface area contributed by atoms with Crippen LogP contribution in [0.3, 0.4) is 0 Å². The van der Waals surface area contributed by atoms with Gasteiger partial charge in [-0.05, 0) is 6.42 Å². The normalized spacial score (nSPS) is 22.1. The zero-order valence-corrected chi connectivity index (χ0v) is 7.21. The van der Waals surface area contributed by atoms with Crippen molar-refractivity contribution >= 4 is 0 Å². The summed E-state index contributed by atoms with van der Waals surface area (Å²) in [6.07, 6.45) is 6.58. The molecule has 0 fully saturated rings. The number of hydrogen-bond acceptors (Lipinski definition) is 3. The van der Waals surface area contributed by atoms with Crippen LogP contribution in [0.5, 0.6) is 0 Å². The molecular formula is C8H17N3. The van der Waals surface area contributed by atoms with E-state index < -0.39 is 0 Å². The van der Waals surface area contributed by atoms with Gasteiger partial charge in [0.25, 0.3) is 0 Å². The van der Waals surface area contributed by atoms with E-state index >= 15 is 0 Å². The highest BCUT2D eigenvalue weighted by Crippen LogP contribution is 2.08. The molecule has 0 aromatic carbocycles. The molecule has 1 N–H and O–H groups in total. The van der Waals surface area contributed by atoms with Gasteiger partial charge in [-0.3, -0.25) is 5.43 Å². The summed E-state index contributed by atoms with van der Waals surface area (Å²) in [6.45, 7) is 3.12. The lowest BCUT2D eigenvalue weighted by atomic mass is 10.1. The lowest BCUT2D eigenvalue weighted by Crippen LogP contribution is -2.21. The van der Waals surface area contributed by atoms with Gasteiger partial charge in [0.1, 0.15) is 0 Å². The van der Waals surface area contributed by atoms with Crippen molar-refractivity contribution in [1.29, 1.82) is 0 Å². The van der Waals surface area contributed by atoms with Crippen molar-refractivity contribution < 1.29 is 0 Å². The first-order valence-electron chi connectivity index (χ1n) is 4.55. The Balaban J connectivity index is 1.87. The van der Waals surface area contributed by atoms with Crippen LogP contribution in [0, 0.1) is 0 Å². The molecule has 1 aliphatic rings. The van der Waals surface area contributed by atoms with Crippen LogP contribution in [0.2, 0.25) is 0 Å². The quantitative estimate of drug-likeness (QED) is 0.608. The molecule has 11 heavy (non-hydrogen) atoms. The molecule has 0 spiro atoms. The van der Waals surface area contributed by atoms with Crippen molar-refractivity contribution in [1.82, 2.24) is 5.43 Å². The molecule has 0 unspecified atom stereocenters. The van der Waals surface area contributed by atoms with Gasteiger partial charge in [-0.25, -0.2) is 0 Å². The fraction of sp³-hybridized carbons (Fsp3) is 1.00. The van der Waals surface area contributed by atoms with E-state index in [-0.39, 0.29) is 0 Å². The number of nitrogens with zero attached hydrogens (tertiary/aromatic N) is 2. The zero-order chi connectivity index (χ0) is 7.94. The monoisotopic (exact) mass is 155 g/mol. The van der Waals surface area contributed by atoms with Crippen molar-refractivity contribution in [3.63, 3.8) is 0 Å². The van der Waals surface area contributed by atoms with Gasteiger partial charge in [-0.2, -0.15) is 5.11 Å². The predicted octanol–water partition coefficient (Wildman–Crippen LogP) is 2.30. The number of rotatable bonds is 5. The third kappa shape index (κ3) is 3.35. The van der Waals surface area contributed by atoms with Gasteiger partial charge >= 0.3 is 0 Å². The smallest absolute Gasteiger partial charge is 0.0838 e. The molecule has 0 saturated carbocycles. The van der Waals surface area contributed by atoms with Gasteiger partial charge in [-0.15, -0.1) is 0 Å². The van der Waals surface area contributed by atoms with Crippen LogP contribution >= 0.6 is 0 Å². The standard InChI is InChI=1S/C8H17N3/c1-2-3-4-5-6-8-7-9-11-10-8/h8H,2-7H2,1H3,(H,9,10)/t8-/m0/s1. The fourth-order valence-corrected chi connectivity index (χ4v) is 1.28. The van der Waals surface area contributed by atoms with Gasteiger partial charge in [-0.1, -0.05) is 37.8 Å². The van der Waals surface area contributed by atoms with Crippen LogP contribution in [-0.4, -0.2) is 12.6 Å². The van der Waals surface area contributed by atoms with Crippen molar-refractivity contribution in [3.8, 4) is 0 Å². The van der Waals surface area contributed by atoms with E-state index in [0.717, 1.165) is 6.54 Å². The van der Waals surface area contributed by atoms with E-state index in [1.54, 1.807) is 0 Å². The molecular weight excluding hydrogens is 138 g/mol. The molecule has 1 rings (SSSR count). The Labute approximate surface area is 68.3 Å². The lowest BCUT2D eigenvalue weighted by molar-refractivity contribution is 0.515. The molecule has 1 heterocycles. The van der Waals surface area contributed by atoms with Crippen molar-refractivity contribution in [2.24, 2.45) is 10.3 Å². The summed E-state index contributed by atoms with van der Waals surface area (Å²) in [5, 5.41) is 7.62. The van der Waals surface area contributed by atoms with Crippen molar-refractivity contribution in [2.75, 3.05) is 6.54 Å². The van der Waals surface area contributed by atoms with Gasteiger partial charge in [0.15, 0.2) is 0 Å². The minimum Gasteiger partial charge on any atom is -0.287 e. The van der Waals surface area contributed by atoms with E-state index in [2.05, 4.69) is 22.7 Å². The Morgan fingerprint density at radius 3 is 2.91 bits per heavy atom. The predicted molar refractivity (Wildman–Crippen MR) is 45.4 cm³/mol. The third-order valence-corrected chi connectivity index (χ3v) is 2.02. The van der Waals surface area contributed by atoms with Gasteiger partial charge in [0.2, 0.25) is 0 Å². The van der Waals surface area contributed by atoms with E-state index in [9.17, 15) is 0 Å². The molecule has 1 aliphatic heterocycles. The van der Waals surface area contributed by atoms with Crippen LogP contribution in [0.25, 0.3) is 0 Å². The molecule has 0 radical (unpaired) electrons. The minimum absolute atomic E-state index is 0.534. The molecule has 0 aromatic rings. The van der Waals surface area contributed by atoms with Crippen molar-refractivity contribution in [2.45, 2.75) is 45.1 Å². The molecule has 0 amide bonds. The molecule has 64 valence electrons. The Hall–Kier alpha value is -0.600. The fourth-order valence-electron chi connectivity index (χ4n) is 1.28.